The van der Waals surface area contributed by atoms with Gasteiger partial charge in [-0.15, -0.1) is 16.8 Å². The molecule has 0 atom stereocenters. The number of allylic oxidation sites excluding steroid dienone is 1. The fourth-order valence-electron chi connectivity index (χ4n) is 3.88. The fourth-order valence-corrected chi connectivity index (χ4v) is 4.63. The van der Waals surface area contributed by atoms with Gasteiger partial charge in [-0.3, -0.25) is 9.36 Å². The van der Waals surface area contributed by atoms with Crippen molar-refractivity contribution in [3.05, 3.63) is 103 Å². The Morgan fingerprint density at radius 2 is 1.75 bits per heavy atom. The van der Waals surface area contributed by atoms with E-state index < -0.39 is 5.82 Å². The minimum Gasteiger partial charge on any atom is -0.323 e. The molecule has 2 aromatic heterocycles. The van der Waals surface area contributed by atoms with Crippen LogP contribution in [0.3, 0.4) is 0 Å². The molecule has 36 heavy (non-hydrogen) atoms. The van der Waals surface area contributed by atoms with Crippen LogP contribution in [0, 0.1) is 5.82 Å². The van der Waals surface area contributed by atoms with E-state index in [1.54, 1.807) is 18.2 Å². The molecule has 1 amide bonds. The molecule has 0 aliphatic carbocycles. The van der Waals surface area contributed by atoms with E-state index in [-0.39, 0.29) is 17.3 Å². The molecule has 0 bridgehead atoms. The van der Waals surface area contributed by atoms with E-state index >= 15 is 0 Å². The van der Waals surface area contributed by atoms with Crippen LogP contribution in [-0.4, -0.2) is 31.4 Å². The highest BCUT2D eigenvalue weighted by atomic mass is 32.2. The molecule has 0 spiro atoms. The van der Waals surface area contributed by atoms with E-state index in [0.717, 1.165) is 27.7 Å². The third-order valence-corrected chi connectivity index (χ3v) is 6.50. The van der Waals surface area contributed by atoms with Crippen LogP contribution in [0.5, 0.6) is 0 Å². The zero-order chi connectivity index (χ0) is 24.9. The van der Waals surface area contributed by atoms with Crippen molar-refractivity contribution < 1.29 is 9.18 Å². The number of aromatic nitrogens is 4. The Morgan fingerprint density at radius 3 is 2.56 bits per heavy atom. The summed E-state index contributed by atoms with van der Waals surface area (Å²) in [6.07, 6.45) is 1.76. The summed E-state index contributed by atoms with van der Waals surface area (Å²) < 4.78 is 15.8. The van der Waals surface area contributed by atoms with Crippen LogP contribution in [-0.2, 0) is 11.3 Å². The number of benzene rings is 3. The van der Waals surface area contributed by atoms with Gasteiger partial charge in [-0.2, -0.15) is 0 Å². The van der Waals surface area contributed by atoms with E-state index in [4.69, 9.17) is 4.98 Å². The van der Waals surface area contributed by atoms with Crippen LogP contribution in [0.25, 0.3) is 33.5 Å². The summed E-state index contributed by atoms with van der Waals surface area (Å²) in [5, 5.41) is 13.0. The van der Waals surface area contributed by atoms with Crippen LogP contribution in [0.15, 0.2) is 103 Å². The molecule has 0 aliphatic rings. The second kappa shape index (κ2) is 10.5. The summed E-state index contributed by atoms with van der Waals surface area (Å²) in [5.41, 5.74) is 3.71. The predicted octanol–water partition coefficient (Wildman–Crippen LogP) is 6.22. The molecule has 2 heterocycles. The number of hydrogen-bond acceptors (Lipinski definition) is 5. The van der Waals surface area contributed by atoms with E-state index in [1.807, 2.05) is 65.2 Å². The van der Waals surface area contributed by atoms with Crippen molar-refractivity contribution in [3.63, 3.8) is 0 Å². The van der Waals surface area contributed by atoms with Gasteiger partial charge in [-0.05, 0) is 24.3 Å². The number of anilines is 1. The number of pyridine rings is 1. The summed E-state index contributed by atoms with van der Waals surface area (Å²) >= 11 is 1.23. The number of rotatable bonds is 8. The number of thioether (sulfide) groups is 1. The first kappa shape index (κ1) is 23.4. The Kier molecular flexibility index (Phi) is 6.86. The number of nitrogens with one attached hydrogen (secondary N) is 1. The molecule has 0 fully saturated rings. The van der Waals surface area contributed by atoms with Crippen molar-refractivity contribution in [1.29, 1.82) is 0 Å². The SMILES string of the molecule is C=CCn1c(SCC(=O)Nc2ccccc2F)nnc1-c1cc(-c2ccccc2)nc2ccccc12. The maximum absolute atomic E-state index is 13.9. The number of fused-ring (bicyclic) bond motifs is 1. The standard InChI is InChI=1S/C28H22FN5OS/c1-2-16-34-27(32-33-28(34)36-18-26(35)31-24-15-9-7-13-22(24)29)21-17-25(19-10-4-3-5-11-19)30-23-14-8-6-12-20(21)23/h2-15,17H,1,16,18H2,(H,31,35). The first-order valence-electron chi connectivity index (χ1n) is 11.3. The minimum absolute atomic E-state index is 0.0516. The Hall–Kier alpha value is -4.30. The van der Waals surface area contributed by atoms with Gasteiger partial charge in [-0.1, -0.05) is 78.5 Å². The van der Waals surface area contributed by atoms with Crippen LogP contribution in [0.4, 0.5) is 10.1 Å². The van der Waals surface area contributed by atoms with Crippen LogP contribution < -0.4 is 5.32 Å². The average molecular weight is 496 g/mol. The van der Waals surface area contributed by atoms with Crippen molar-refractivity contribution in [2.45, 2.75) is 11.7 Å². The lowest BCUT2D eigenvalue weighted by Gasteiger charge is -2.12. The van der Waals surface area contributed by atoms with Gasteiger partial charge in [0.1, 0.15) is 5.82 Å². The van der Waals surface area contributed by atoms with Crippen LogP contribution >= 0.6 is 11.8 Å². The van der Waals surface area contributed by atoms with Crippen molar-refractivity contribution in [1.82, 2.24) is 19.7 Å². The van der Waals surface area contributed by atoms with Gasteiger partial charge in [-0.25, -0.2) is 9.37 Å². The van der Waals surface area contributed by atoms with E-state index in [0.29, 0.717) is 17.5 Å². The Morgan fingerprint density at radius 1 is 1.00 bits per heavy atom. The first-order valence-corrected chi connectivity index (χ1v) is 12.3. The van der Waals surface area contributed by atoms with Gasteiger partial charge in [0.15, 0.2) is 11.0 Å². The molecule has 0 aliphatic heterocycles. The van der Waals surface area contributed by atoms with Gasteiger partial charge in [0.05, 0.1) is 22.7 Å². The molecule has 0 saturated heterocycles. The van der Waals surface area contributed by atoms with Gasteiger partial charge >= 0.3 is 0 Å². The zero-order valence-electron chi connectivity index (χ0n) is 19.3. The second-order valence-electron chi connectivity index (χ2n) is 7.96. The molecular formula is C28H22FN5OS. The molecule has 1 N–H and O–H groups in total. The van der Waals surface area contributed by atoms with Crippen LogP contribution in [0.1, 0.15) is 0 Å². The molecule has 5 aromatic rings. The molecule has 178 valence electrons. The number of carbonyl (C=O) groups excluding carboxylic acids is 1. The number of amides is 1. The molecule has 0 saturated carbocycles. The summed E-state index contributed by atoms with van der Waals surface area (Å²) in [7, 11) is 0. The molecule has 5 rings (SSSR count). The fraction of sp³-hybridized carbons (Fsp3) is 0.0714. The lowest BCUT2D eigenvalue weighted by atomic mass is 10.0. The van der Waals surface area contributed by atoms with Gasteiger partial charge in [0, 0.05) is 23.1 Å². The quantitative estimate of drug-likeness (QED) is 0.204. The second-order valence-corrected chi connectivity index (χ2v) is 8.90. The monoisotopic (exact) mass is 495 g/mol. The minimum atomic E-state index is -0.480. The van der Waals surface area contributed by atoms with Crippen molar-refractivity contribution in [2.75, 3.05) is 11.1 Å². The number of halogens is 1. The number of para-hydroxylation sites is 2. The van der Waals surface area contributed by atoms with Gasteiger partial charge in [0.25, 0.3) is 0 Å². The van der Waals surface area contributed by atoms with Crippen molar-refractivity contribution in [2.24, 2.45) is 0 Å². The molecular weight excluding hydrogens is 473 g/mol. The summed E-state index contributed by atoms with van der Waals surface area (Å²) in [4.78, 5) is 17.3. The lowest BCUT2D eigenvalue weighted by Crippen LogP contribution is -2.15. The van der Waals surface area contributed by atoms with E-state index in [1.165, 1.54) is 23.9 Å². The van der Waals surface area contributed by atoms with E-state index in [9.17, 15) is 9.18 Å². The number of carbonyl (C=O) groups is 1. The predicted molar refractivity (Wildman–Crippen MR) is 142 cm³/mol. The summed E-state index contributed by atoms with van der Waals surface area (Å²) in [6.45, 7) is 4.34. The Bertz CT molecular complexity index is 1550. The normalized spacial score (nSPS) is 10.9. The molecule has 0 radical (unpaired) electrons. The molecule has 0 unspecified atom stereocenters. The topological polar surface area (TPSA) is 72.7 Å². The smallest absolute Gasteiger partial charge is 0.234 e. The maximum atomic E-state index is 13.9. The van der Waals surface area contributed by atoms with E-state index in [2.05, 4.69) is 22.1 Å². The largest absolute Gasteiger partial charge is 0.323 e. The third kappa shape index (κ3) is 4.89. The van der Waals surface area contributed by atoms with Gasteiger partial charge < -0.3 is 5.32 Å². The summed E-state index contributed by atoms with van der Waals surface area (Å²) in [5.74, 6) is -0.106. The highest BCUT2D eigenvalue weighted by molar-refractivity contribution is 7.99. The molecule has 3 aromatic carbocycles. The zero-order valence-corrected chi connectivity index (χ0v) is 20.1. The lowest BCUT2D eigenvalue weighted by molar-refractivity contribution is -0.113. The Balaban J connectivity index is 1.49. The molecule has 6 nitrogen and oxygen atoms in total. The Labute approximate surface area is 211 Å². The van der Waals surface area contributed by atoms with Crippen LogP contribution in [0.2, 0.25) is 0 Å². The molecule has 8 heteroatoms. The van der Waals surface area contributed by atoms with Crippen molar-refractivity contribution in [3.8, 4) is 22.6 Å². The maximum Gasteiger partial charge on any atom is 0.234 e. The average Bonchev–Trinajstić information content (AvgIpc) is 3.31. The highest BCUT2D eigenvalue weighted by Crippen LogP contribution is 2.33. The van der Waals surface area contributed by atoms with Gasteiger partial charge in [0.2, 0.25) is 5.91 Å². The van der Waals surface area contributed by atoms with Crippen molar-refractivity contribution >= 4 is 34.3 Å². The highest BCUT2D eigenvalue weighted by Gasteiger charge is 2.19. The first-order chi connectivity index (χ1) is 17.6. The summed E-state index contributed by atoms with van der Waals surface area (Å²) in [6, 6.07) is 26.0. The number of nitrogens with zero attached hydrogens (tertiary/aromatic N) is 4. The number of hydrogen-bond donors (Lipinski definition) is 1. The third-order valence-electron chi connectivity index (χ3n) is 5.54.